The molecule has 1 aromatic rings. The lowest BCUT2D eigenvalue weighted by Gasteiger charge is -2.30. The number of amides is 1. The summed E-state index contributed by atoms with van der Waals surface area (Å²) in [5.74, 6) is 1.08. The number of aldehydes is 1. The van der Waals surface area contributed by atoms with E-state index >= 15 is 0 Å². The summed E-state index contributed by atoms with van der Waals surface area (Å²) in [5.41, 5.74) is -0.0466. The SMILES string of the molecule is CN(C(=O)OC(C)(C)C)C(C=O)c1cccc2c1OCCO2. The monoisotopic (exact) mass is 307 g/mol. The summed E-state index contributed by atoms with van der Waals surface area (Å²) in [4.78, 5) is 25.0. The fraction of sp³-hybridized carbons (Fsp3) is 0.500. The molecule has 0 bridgehead atoms. The fourth-order valence-electron chi connectivity index (χ4n) is 2.15. The molecule has 0 aromatic heterocycles. The van der Waals surface area contributed by atoms with E-state index in [0.29, 0.717) is 36.6 Å². The van der Waals surface area contributed by atoms with Crippen LogP contribution >= 0.6 is 0 Å². The molecule has 1 aliphatic rings. The Kier molecular flexibility index (Phi) is 4.59. The molecule has 6 heteroatoms. The number of benzene rings is 1. The molecule has 1 atom stereocenters. The van der Waals surface area contributed by atoms with Crippen LogP contribution in [0.25, 0.3) is 0 Å². The average molecular weight is 307 g/mol. The van der Waals surface area contributed by atoms with Crippen LogP contribution in [-0.2, 0) is 9.53 Å². The number of hydrogen-bond acceptors (Lipinski definition) is 5. The Bertz CT molecular complexity index is 564. The molecule has 2 rings (SSSR count). The van der Waals surface area contributed by atoms with Crippen LogP contribution < -0.4 is 9.47 Å². The molecule has 22 heavy (non-hydrogen) atoms. The lowest BCUT2D eigenvalue weighted by atomic mass is 10.0. The number of rotatable bonds is 3. The van der Waals surface area contributed by atoms with Gasteiger partial charge >= 0.3 is 6.09 Å². The van der Waals surface area contributed by atoms with Gasteiger partial charge in [0.25, 0.3) is 0 Å². The minimum absolute atomic E-state index is 0.408. The first-order valence-electron chi connectivity index (χ1n) is 7.13. The van der Waals surface area contributed by atoms with Crippen LogP contribution in [-0.4, -0.2) is 43.1 Å². The molecule has 0 saturated heterocycles. The zero-order valence-corrected chi connectivity index (χ0v) is 13.3. The van der Waals surface area contributed by atoms with E-state index in [-0.39, 0.29) is 0 Å². The Morgan fingerprint density at radius 2 is 2.00 bits per heavy atom. The third-order valence-corrected chi connectivity index (χ3v) is 3.14. The Morgan fingerprint density at radius 1 is 1.32 bits per heavy atom. The van der Waals surface area contributed by atoms with Crippen molar-refractivity contribution in [1.29, 1.82) is 0 Å². The molecule has 0 spiro atoms. The summed E-state index contributed by atoms with van der Waals surface area (Å²) in [6, 6.07) is 4.48. The van der Waals surface area contributed by atoms with Crippen molar-refractivity contribution in [2.45, 2.75) is 32.4 Å². The van der Waals surface area contributed by atoms with Crippen LogP contribution in [0.2, 0.25) is 0 Å². The van der Waals surface area contributed by atoms with Gasteiger partial charge in [0.15, 0.2) is 11.5 Å². The van der Waals surface area contributed by atoms with Crippen LogP contribution in [0.15, 0.2) is 18.2 Å². The van der Waals surface area contributed by atoms with Crippen LogP contribution in [0.1, 0.15) is 32.4 Å². The van der Waals surface area contributed by atoms with Gasteiger partial charge in [0, 0.05) is 12.6 Å². The maximum Gasteiger partial charge on any atom is 0.410 e. The summed E-state index contributed by atoms with van der Waals surface area (Å²) < 4.78 is 16.4. The van der Waals surface area contributed by atoms with Crippen molar-refractivity contribution in [3.05, 3.63) is 23.8 Å². The molecule has 1 aliphatic heterocycles. The molecular weight excluding hydrogens is 286 g/mol. The number of nitrogens with zero attached hydrogens (tertiary/aromatic N) is 1. The molecular formula is C16H21NO5. The Labute approximate surface area is 129 Å². The highest BCUT2D eigenvalue weighted by Gasteiger charge is 2.30. The van der Waals surface area contributed by atoms with Crippen molar-refractivity contribution in [3.8, 4) is 11.5 Å². The minimum atomic E-state index is -0.800. The van der Waals surface area contributed by atoms with Gasteiger partial charge in [0.1, 0.15) is 31.1 Å². The molecule has 0 saturated carbocycles. The van der Waals surface area contributed by atoms with Crippen molar-refractivity contribution < 1.29 is 23.8 Å². The summed E-state index contributed by atoms with van der Waals surface area (Å²) in [6.45, 7) is 6.19. The zero-order chi connectivity index (χ0) is 16.3. The molecule has 1 unspecified atom stereocenters. The quantitative estimate of drug-likeness (QED) is 0.803. The Morgan fingerprint density at radius 3 is 2.64 bits per heavy atom. The maximum atomic E-state index is 12.2. The number of fused-ring (bicyclic) bond motifs is 1. The normalized spacial score (nSPS) is 14.9. The molecule has 1 amide bonds. The smallest absolute Gasteiger partial charge is 0.410 e. The number of carbonyl (C=O) groups excluding carboxylic acids is 2. The van der Waals surface area contributed by atoms with Crippen molar-refractivity contribution in [3.63, 3.8) is 0 Å². The second kappa shape index (κ2) is 6.25. The van der Waals surface area contributed by atoms with E-state index in [1.165, 1.54) is 11.9 Å². The first-order chi connectivity index (χ1) is 10.3. The maximum absolute atomic E-state index is 12.2. The molecule has 1 aromatic carbocycles. The number of para-hydroxylation sites is 1. The second-order valence-electron chi connectivity index (χ2n) is 6.04. The molecule has 0 aliphatic carbocycles. The summed E-state index contributed by atoms with van der Waals surface area (Å²) >= 11 is 0. The minimum Gasteiger partial charge on any atom is -0.486 e. The highest BCUT2D eigenvalue weighted by Crippen LogP contribution is 2.38. The highest BCUT2D eigenvalue weighted by atomic mass is 16.6. The van der Waals surface area contributed by atoms with Gasteiger partial charge in [-0.05, 0) is 26.8 Å². The topological polar surface area (TPSA) is 65.1 Å². The number of hydrogen-bond donors (Lipinski definition) is 0. The second-order valence-corrected chi connectivity index (χ2v) is 6.04. The summed E-state index contributed by atoms with van der Waals surface area (Å²) in [5, 5.41) is 0. The summed E-state index contributed by atoms with van der Waals surface area (Å²) in [6.07, 6.45) is 0.122. The van der Waals surface area contributed by atoms with Crippen molar-refractivity contribution in [1.82, 2.24) is 4.90 Å². The predicted octanol–water partition coefficient (Wildman–Crippen LogP) is 2.56. The number of ether oxygens (including phenoxy) is 3. The van der Waals surface area contributed by atoms with Gasteiger partial charge in [-0.15, -0.1) is 0 Å². The lowest BCUT2D eigenvalue weighted by Crippen LogP contribution is -2.37. The lowest BCUT2D eigenvalue weighted by molar-refractivity contribution is -0.112. The number of carbonyl (C=O) groups is 2. The van der Waals surface area contributed by atoms with E-state index in [1.807, 2.05) is 0 Å². The fourth-order valence-corrected chi connectivity index (χ4v) is 2.15. The van der Waals surface area contributed by atoms with Gasteiger partial charge in [-0.1, -0.05) is 12.1 Å². The Balaban J connectivity index is 2.28. The van der Waals surface area contributed by atoms with Crippen LogP contribution in [0.5, 0.6) is 11.5 Å². The van der Waals surface area contributed by atoms with E-state index in [2.05, 4.69) is 0 Å². The van der Waals surface area contributed by atoms with Gasteiger partial charge in [0.05, 0.1) is 0 Å². The molecule has 0 radical (unpaired) electrons. The van der Waals surface area contributed by atoms with Gasteiger partial charge in [0.2, 0.25) is 0 Å². The summed E-state index contributed by atoms with van der Waals surface area (Å²) in [7, 11) is 1.52. The van der Waals surface area contributed by atoms with E-state index in [1.54, 1.807) is 39.0 Å². The van der Waals surface area contributed by atoms with Gasteiger partial charge in [-0.2, -0.15) is 0 Å². The first kappa shape index (κ1) is 16.1. The van der Waals surface area contributed by atoms with Gasteiger partial charge in [-0.25, -0.2) is 4.79 Å². The highest BCUT2D eigenvalue weighted by molar-refractivity contribution is 5.76. The van der Waals surface area contributed by atoms with Crippen molar-refractivity contribution >= 4 is 12.4 Å². The zero-order valence-electron chi connectivity index (χ0n) is 13.3. The van der Waals surface area contributed by atoms with Crippen LogP contribution in [0, 0.1) is 0 Å². The number of likely N-dealkylation sites (N-methyl/N-ethyl adjacent to an activating group) is 1. The van der Waals surface area contributed by atoms with Crippen LogP contribution in [0.3, 0.4) is 0 Å². The standard InChI is InChI=1S/C16H21NO5/c1-16(2,3)22-15(19)17(4)12(10-18)11-6-5-7-13-14(11)21-9-8-20-13/h5-7,10,12H,8-9H2,1-4H3. The average Bonchev–Trinajstić information content (AvgIpc) is 2.46. The molecule has 0 fully saturated rings. The Hall–Kier alpha value is -2.24. The van der Waals surface area contributed by atoms with Gasteiger partial charge in [-0.3, -0.25) is 4.90 Å². The van der Waals surface area contributed by atoms with E-state index < -0.39 is 17.7 Å². The third kappa shape index (κ3) is 3.50. The van der Waals surface area contributed by atoms with E-state index in [4.69, 9.17) is 14.2 Å². The van der Waals surface area contributed by atoms with Crippen molar-refractivity contribution in [2.75, 3.05) is 20.3 Å². The molecule has 1 heterocycles. The largest absolute Gasteiger partial charge is 0.486 e. The predicted molar refractivity (Wildman–Crippen MR) is 80.2 cm³/mol. The van der Waals surface area contributed by atoms with Gasteiger partial charge < -0.3 is 19.0 Å². The van der Waals surface area contributed by atoms with Crippen molar-refractivity contribution in [2.24, 2.45) is 0 Å². The molecule has 0 N–H and O–H groups in total. The van der Waals surface area contributed by atoms with Crippen LogP contribution in [0.4, 0.5) is 4.79 Å². The first-order valence-corrected chi connectivity index (χ1v) is 7.13. The molecule has 6 nitrogen and oxygen atoms in total. The molecule has 120 valence electrons. The van der Waals surface area contributed by atoms with E-state index in [0.717, 1.165) is 0 Å². The third-order valence-electron chi connectivity index (χ3n) is 3.14. The van der Waals surface area contributed by atoms with E-state index in [9.17, 15) is 9.59 Å².